The van der Waals surface area contributed by atoms with Crippen LogP contribution in [-0.4, -0.2) is 30.8 Å². The number of nitrogens with one attached hydrogen (secondary N) is 1. The number of rotatable bonds is 6. The van der Waals surface area contributed by atoms with Crippen LogP contribution in [-0.2, 0) is 4.79 Å². The Hall–Kier alpha value is -3.41. The maximum atomic E-state index is 11.9. The van der Waals surface area contributed by atoms with Crippen molar-refractivity contribution in [2.75, 3.05) is 13.7 Å². The van der Waals surface area contributed by atoms with Crippen LogP contribution in [0.4, 0.5) is 0 Å². The van der Waals surface area contributed by atoms with Crippen molar-refractivity contribution in [2.45, 2.75) is 6.92 Å². The minimum absolute atomic E-state index is 0.144. The molecule has 0 saturated carbocycles. The Bertz CT molecular complexity index is 949. The summed E-state index contributed by atoms with van der Waals surface area (Å²) < 4.78 is 10.8. The number of methoxy groups -OCH3 is 1. The van der Waals surface area contributed by atoms with Crippen LogP contribution in [0, 0.1) is 6.92 Å². The van der Waals surface area contributed by atoms with Crippen LogP contribution in [0.5, 0.6) is 11.5 Å². The van der Waals surface area contributed by atoms with E-state index in [1.165, 1.54) is 0 Å². The first-order valence-electron chi connectivity index (χ1n) is 8.10. The first kappa shape index (κ1) is 17.4. The van der Waals surface area contributed by atoms with Gasteiger partial charge in [0, 0.05) is 11.6 Å². The van der Waals surface area contributed by atoms with Crippen LogP contribution in [0.15, 0.2) is 59.8 Å². The summed E-state index contributed by atoms with van der Waals surface area (Å²) in [5.41, 5.74) is 5.03. The molecule has 1 N–H and O–H groups in total. The zero-order valence-electron chi connectivity index (χ0n) is 14.6. The summed E-state index contributed by atoms with van der Waals surface area (Å²) >= 11 is 0. The molecule has 0 atom stereocenters. The number of aryl methyl sites for hydroxylation is 1. The van der Waals surface area contributed by atoms with Gasteiger partial charge in [0.05, 0.1) is 13.3 Å². The van der Waals surface area contributed by atoms with E-state index in [4.69, 9.17) is 9.47 Å². The molecule has 1 heterocycles. The van der Waals surface area contributed by atoms with Gasteiger partial charge in [-0.25, -0.2) is 5.43 Å². The van der Waals surface area contributed by atoms with E-state index in [0.717, 1.165) is 27.8 Å². The second kappa shape index (κ2) is 8.11. The second-order valence-corrected chi connectivity index (χ2v) is 5.64. The van der Waals surface area contributed by atoms with Gasteiger partial charge >= 0.3 is 0 Å². The van der Waals surface area contributed by atoms with Gasteiger partial charge in [-0.1, -0.05) is 18.2 Å². The van der Waals surface area contributed by atoms with Crippen LogP contribution < -0.4 is 14.9 Å². The van der Waals surface area contributed by atoms with Crippen LogP contribution >= 0.6 is 0 Å². The third-order valence-electron chi connectivity index (χ3n) is 3.78. The van der Waals surface area contributed by atoms with Crippen LogP contribution in [0.3, 0.4) is 0 Å². The highest BCUT2D eigenvalue weighted by atomic mass is 16.5. The summed E-state index contributed by atoms with van der Waals surface area (Å²) in [5, 5.41) is 4.91. The first-order chi connectivity index (χ1) is 12.7. The van der Waals surface area contributed by atoms with Gasteiger partial charge in [0.2, 0.25) is 0 Å². The van der Waals surface area contributed by atoms with Gasteiger partial charge in [0.25, 0.3) is 5.91 Å². The molecule has 0 radical (unpaired) electrons. The van der Waals surface area contributed by atoms with Gasteiger partial charge in [0.1, 0.15) is 17.0 Å². The Kier molecular flexibility index (Phi) is 5.43. The van der Waals surface area contributed by atoms with Gasteiger partial charge < -0.3 is 9.47 Å². The summed E-state index contributed by atoms with van der Waals surface area (Å²) in [4.78, 5) is 16.2. The van der Waals surface area contributed by atoms with Gasteiger partial charge in [-0.2, -0.15) is 5.10 Å². The summed E-state index contributed by atoms with van der Waals surface area (Å²) in [6.45, 7) is 1.80. The molecule has 0 spiro atoms. The van der Waals surface area contributed by atoms with Gasteiger partial charge in [0.15, 0.2) is 6.61 Å². The number of nitrogens with zero attached hydrogens (tertiary/aromatic N) is 2. The maximum Gasteiger partial charge on any atom is 0.277 e. The number of aromatic nitrogens is 1. The number of carbonyl (C=O) groups is 1. The lowest BCUT2D eigenvalue weighted by molar-refractivity contribution is -0.123. The SMILES string of the molecule is COc1ccc(C=NNC(=O)COc2cccc3cccnc23)cc1C. The van der Waals surface area contributed by atoms with Crippen molar-refractivity contribution in [1.29, 1.82) is 0 Å². The second-order valence-electron chi connectivity index (χ2n) is 5.64. The Morgan fingerprint density at radius 3 is 2.85 bits per heavy atom. The standard InChI is InChI=1S/C20H19N3O3/c1-14-11-15(8-9-17(14)25-2)12-22-23-19(24)13-26-18-7-3-5-16-6-4-10-21-20(16)18/h3-12H,13H2,1-2H3,(H,23,24). The lowest BCUT2D eigenvalue weighted by Crippen LogP contribution is -2.24. The highest BCUT2D eigenvalue weighted by Crippen LogP contribution is 2.22. The third kappa shape index (κ3) is 4.16. The van der Waals surface area contributed by atoms with E-state index in [0.29, 0.717) is 5.75 Å². The first-order valence-corrected chi connectivity index (χ1v) is 8.10. The molecule has 0 unspecified atom stereocenters. The molecule has 1 amide bonds. The molecule has 132 valence electrons. The average Bonchev–Trinajstić information content (AvgIpc) is 2.66. The lowest BCUT2D eigenvalue weighted by Gasteiger charge is -2.07. The molecular weight excluding hydrogens is 330 g/mol. The normalized spacial score (nSPS) is 10.8. The number of pyridine rings is 1. The Labute approximate surface area is 151 Å². The van der Waals surface area contributed by atoms with E-state index < -0.39 is 0 Å². The Morgan fingerprint density at radius 2 is 2.04 bits per heavy atom. The molecule has 6 nitrogen and oxygen atoms in total. The Morgan fingerprint density at radius 1 is 1.19 bits per heavy atom. The number of para-hydroxylation sites is 1. The van der Waals surface area contributed by atoms with Crippen molar-refractivity contribution in [3.8, 4) is 11.5 Å². The van der Waals surface area contributed by atoms with Crippen molar-refractivity contribution >= 4 is 23.0 Å². The largest absolute Gasteiger partial charge is 0.496 e. The van der Waals surface area contributed by atoms with Gasteiger partial charge in [-0.05, 0) is 48.4 Å². The van der Waals surface area contributed by atoms with Gasteiger partial charge in [-0.3, -0.25) is 9.78 Å². The number of benzene rings is 2. The van der Waals surface area contributed by atoms with Crippen molar-refractivity contribution in [3.63, 3.8) is 0 Å². The van der Waals surface area contributed by atoms with E-state index >= 15 is 0 Å². The fraction of sp³-hybridized carbons (Fsp3) is 0.150. The molecule has 0 saturated heterocycles. The number of hydrazone groups is 1. The van der Waals surface area contributed by atoms with Crippen molar-refractivity contribution in [1.82, 2.24) is 10.4 Å². The smallest absolute Gasteiger partial charge is 0.277 e. The minimum Gasteiger partial charge on any atom is -0.496 e. The monoisotopic (exact) mass is 349 g/mol. The van der Waals surface area contributed by atoms with Crippen LogP contribution in [0.2, 0.25) is 0 Å². The molecule has 3 rings (SSSR count). The fourth-order valence-electron chi connectivity index (χ4n) is 2.53. The minimum atomic E-state index is -0.348. The van der Waals surface area contributed by atoms with E-state index in [-0.39, 0.29) is 12.5 Å². The van der Waals surface area contributed by atoms with E-state index in [9.17, 15) is 4.79 Å². The van der Waals surface area contributed by atoms with Gasteiger partial charge in [-0.15, -0.1) is 0 Å². The fourth-order valence-corrected chi connectivity index (χ4v) is 2.53. The third-order valence-corrected chi connectivity index (χ3v) is 3.78. The molecule has 0 aliphatic carbocycles. The summed E-state index contributed by atoms with van der Waals surface area (Å²) in [6.07, 6.45) is 3.26. The Balaban J connectivity index is 1.56. The number of hydrogen-bond donors (Lipinski definition) is 1. The topological polar surface area (TPSA) is 72.8 Å². The lowest BCUT2D eigenvalue weighted by atomic mass is 10.1. The molecule has 0 fully saturated rings. The number of fused-ring (bicyclic) bond motifs is 1. The molecule has 2 aromatic carbocycles. The number of hydrogen-bond acceptors (Lipinski definition) is 5. The average molecular weight is 349 g/mol. The molecule has 1 aromatic heterocycles. The van der Waals surface area contributed by atoms with Crippen molar-refractivity contribution in [2.24, 2.45) is 5.10 Å². The van der Waals surface area contributed by atoms with Crippen molar-refractivity contribution < 1.29 is 14.3 Å². The molecular formula is C20H19N3O3. The highest BCUT2D eigenvalue weighted by molar-refractivity contribution is 5.85. The predicted octanol–water partition coefficient (Wildman–Crippen LogP) is 3.08. The summed E-state index contributed by atoms with van der Waals surface area (Å²) in [5.74, 6) is 1.02. The zero-order valence-corrected chi connectivity index (χ0v) is 14.6. The molecule has 0 aliphatic heterocycles. The zero-order chi connectivity index (χ0) is 18.4. The molecule has 6 heteroatoms. The number of amides is 1. The quantitative estimate of drug-likeness (QED) is 0.548. The molecule has 26 heavy (non-hydrogen) atoms. The van der Waals surface area contributed by atoms with Crippen LogP contribution in [0.1, 0.15) is 11.1 Å². The number of ether oxygens (including phenoxy) is 2. The molecule has 3 aromatic rings. The summed E-state index contributed by atoms with van der Waals surface area (Å²) in [6, 6.07) is 15.0. The maximum absolute atomic E-state index is 11.9. The highest BCUT2D eigenvalue weighted by Gasteiger charge is 2.06. The summed E-state index contributed by atoms with van der Waals surface area (Å²) in [7, 11) is 1.63. The van der Waals surface area contributed by atoms with Crippen molar-refractivity contribution in [3.05, 3.63) is 65.9 Å². The van der Waals surface area contributed by atoms with E-state index in [2.05, 4.69) is 15.5 Å². The van der Waals surface area contributed by atoms with E-state index in [1.807, 2.05) is 49.4 Å². The van der Waals surface area contributed by atoms with Crippen LogP contribution in [0.25, 0.3) is 10.9 Å². The number of carbonyl (C=O) groups excluding carboxylic acids is 1. The molecule has 0 bridgehead atoms. The predicted molar refractivity (Wildman–Crippen MR) is 101 cm³/mol. The van der Waals surface area contributed by atoms with E-state index in [1.54, 1.807) is 25.6 Å². The molecule has 0 aliphatic rings.